The highest BCUT2D eigenvalue weighted by molar-refractivity contribution is 5.35. The number of phenolic OH excluding ortho intramolecular Hbond substituents is 1. The molecule has 3 nitrogen and oxygen atoms in total. The van der Waals surface area contributed by atoms with Crippen LogP contribution in [0.15, 0.2) is 78.9 Å². The number of benzene rings is 3. The molecular formula is C23H24O3. The molecule has 0 saturated heterocycles. The molecule has 134 valence electrons. The van der Waals surface area contributed by atoms with Gasteiger partial charge in [0.1, 0.15) is 17.2 Å². The molecule has 3 aromatic carbocycles. The lowest BCUT2D eigenvalue weighted by Gasteiger charge is -2.28. The van der Waals surface area contributed by atoms with Crippen LogP contribution in [-0.4, -0.2) is 16.8 Å². The first-order valence-electron chi connectivity index (χ1n) is 8.81. The highest BCUT2D eigenvalue weighted by Gasteiger charge is 2.25. The fourth-order valence-electron chi connectivity index (χ4n) is 2.99. The zero-order valence-corrected chi connectivity index (χ0v) is 14.9. The number of aliphatic hydroxyl groups excluding tert-OH is 1. The minimum absolute atomic E-state index is 0.0536. The van der Waals surface area contributed by atoms with Crippen LogP contribution in [0.1, 0.15) is 24.5 Å². The normalized spacial score (nSPS) is 13.2. The first-order valence-corrected chi connectivity index (χ1v) is 8.81. The lowest BCUT2D eigenvalue weighted by Crippen LogP contribution is -2.27. The molecule has 0 amide bonds. The Labute approximate surface area is 154 Å². The maximum atomic E-state index is 9.95. The maximum absolute atomic E-state index is 9.95. The Bertz CT molecular complexity index is 828. The summed E-state index contributed by atoms with van der Waals surface area (Å²) in [6.45, 7) is 2.10. The van der Waals surface area contributed by atoms with Crippen molar-refractivity contribution in [3.05, 3.63) is 90.0 Å². The molecule has 3 aromatic rings. The van der Waals surface area contributed by atoms with E-state index in [1.165, 1.54) is 0 Å². The molecule has 0 aliphatic rings. The first-order chi connectivity index (χ1) is 12.6. The van der Waals surface area contributed by atoms with Gasteiger partial charge in [-0.25, -0.2) is 0 Å². The second-order valence-electron chi connectivity index (χ2n) is 6.83. The molecule has 0 radical (unpaired) electrons. The van der Waals surface area contributed by atoms with Crippen molar-refractivity contribution < 1.29 is 14.9 Å². The van der Waals surface area contributed by atoms with Gasteiger partial charge in [-0.15, -0.1) is 0 Å². The molecule has 0 heterocycles. The van der Waals surface area contributed by atoms with Gasteiger partial charge in [-0.1, -0.05) is 49.4 Å². The minimum atomic E-state index is -0.357. The summed E-state index contributed by atoms with van der Waals surface area (Å²) in [6, 6.07) is 24.9. The summed E-state index contributed by atoms with van der Waals surface area (Å²) in [7, 11) is 0. The Hall–Kier alpha value is -2.78. The van der Waals surface area contributed by atoms with E-state index in [9.17, 15) is 10.2 Å². The number of aryl methyl sites for hydroxylation is 1. The van der Waals surface area contributed by atoms with Gasteiger partial charge >= 0.3 is 0 Å². The van der Waals surface area contributed by atoms with Crippen molar-refractivity contribution in [1.82, 2.24) is 0 Å². The second kappa shape index (κ2) is 8.07. The van der Waals surface area contributed by atoms with Crippen molar-refractivity contribution in [3.8, 4) is 17.2 Å². The quantitative estimate of drug-likeness (QED) is 0.627. The molecule has 1 unspecified atom stereocenters. The van der Waals surface area contributed by atoms with Gasteiger partial charge in [-0.05, 0) is 60.4 Å². The predicted molar refractivity (Wildman–Crippen MR) is 104 cm³/mol. The summed E-state index contributed by atoms with van der Waals surface area (Å²) in [5.74, 6) is 1.86. The molecule has 0 bridgehead atoms. The summed E-state index contributed by atoms with van der Waals surface area (Å²) in [6.07, 6.45) is 1.62. The van der Waals surface area contributed by atoms with E-state index in [2.05, 4.69) is 6.07 Å². The summed E-state index contributed by atoms with van der Waals surface area (Å²) in [4.78, 5) is 0. The topological polar surface area (TPSA) is 49.7 Å². The van der Waals surface area contributed by atoms with Crippen LogP contribution in [0.25, 0.3) is 0 Å². The smallest absolute Gasteiger partial charge is 0.127 e. The van der Waals surface area contributed by atoms with Crippen LogP contribution in [0.5, 0.6) is 17.2 Å². The zero-order chi connectivity index (χ0) is 18.4. The van der Waals surface area contributed by atoms with E-state index in [0.717, 1.165) is 35.5 Å². The predicted octanol–water partition coefficient (Wildman–Crippen LogP) is 5.07. The van der Waals surface area contributed by atoms with Crippen LogP contribution in [0.3, 0.4) is 0 Å². The van der Waals surface area contributed by atoms with Crippen LogP contribution in [0.2, 0.25) is 0 Å². The average Bonchev–Trinajstić information content (AvgIpc) is 2.68. The number of ether oxygens (including phenoxy) is 1. The molecule has 0 aromatic heterocycles. The average molecular weight is 348 g/mol. The van der Waals surface area contributed by atoms with E-state index >= 15 is 0 Å². The van der Waals surface area contributed by atoms with Crippen LogP contribution >= 0.6 is 0 Å². The van der Waals surface area contributed by atoms with Crippen LogP contribution < -0.4 is 4.74 Å². The monoisotopic (exact) mass is 348 g/mol. The lowest BCUT2D eigenvalue weighted by atomic mass is 9.78. The lowest BCUT2D eigenvalue weighted by molar-refractivity contribution is 0.197. The summed E-state index contributed by atoms with van der Waals surface area (Å²) in [5, 5.41) is 19.4. The number of para-hydroxylation sites is 1. The number of hydrogen-bond donors (Lipinski definition) is 2. The molecule has 0 aliphatic carbocycles. The molecule has 0 fully saturated rings. The molecule has 26 heavy (non-hydrogen) atoms. The van der Waals surface area contributed by atoms with E-state index in [-0.39, 0.29) is 17.8 Å². The summed E-state index contributed by atoms with van der Waals surface area (Å²) >= 11 is 0. The zero-order valence-electron chi connectivity index (χ0n) is 14.9. The number of rotatable bonds is 7. The van der Waals surface area contributed by atoms with Crippen molar-refractivity contribution >= 4 is 0 Å². The van der Waals surface area contributed by atoms with E-state index in [4.69, 9.17) is 4.74 Å². The van der Waals surface area contributed by atoms with Gasteiger partial charge in [0, 0.05) is 5.41 Å². The Kier molecular flexibility index (Phi) is 5.59. The van der Waals surface area contributed by atoms with Crippen molar-refractivity contribution in [2.75, 3.05) is 6.61 Å². The van der Waals surface area contributed by atoms with Gasteiger partial charge in [0.25, 0.3) is 0 Å². The molecule has 1 atom stereocenters. The third-order valence-corrected chi connectivity index (χ3v) is 4.76. The molecule has 2 N–H and O–H groups in total. The van der Waals surface area contributed by atoms with Crippen LogP contribution in [-0.2, 0) is 11.8 Å². The largest absolute Gasteiger partial charge is 0.508 e. The Morgan fingerprint density at radius 1 is 0.846 bits per heavy atom. The molecule has 3 heteroatoms. The second-order valence-corrected chi connectivity index (χ2v) is 6.83. The Morgan fingerprint density at radius 3 is 2.23 bits per heavy atom. The van der Waals surface area contributed by atoms with Crippen molar-refractivity contribution in [2.24, 2.45) is 0 Å². The van der Waals surface area contributed by atoms with Crippen molar-refractivity contribution in [1.29, 1.82) is 0 Å². The van der Waals surface area contributed by atoms with Gasteiger partial charge in [-0.3, -0.25) is 0 Å². The molecule has 3 rings (SSSR count). The maximum Gasteiger partial charge on any atom is 0.127 e. The van der Waals surface area contributed by atoms with Gasteiger partial charge in [0.2, 0.25) is 0 Å². The van der Waals surface area contributed by atoms with Gasteiger partial charge in [-0.2, -0.15) is 0 Å². The number of aromatic hydroxyl groups is 1. The third-order valence-electron chi connectivity index (χ3n) is 4.76. The highest BCUT2D eigenvalue weighted by Crippen LogP contribution is 2.31. The Morgan fingerprint density at radius 2 is 1.54 bits per heavy atom. The number of hydrogen-bond acceptors (Lipinski definition) is 3. The van der Waals surface area contributed by atoms with Crippen molar-refractivity contribution in [3.63, 3.8) is 0 Å². The first kappa shape index (κ1) is 18.0. The van der Waals surface area contributed by atoms with E-state index in [0.29, 0.717) is 0 Å². The van der Waals surface area contributed by atoms with Crippen molar-refractivity contribution in [2.45, 2.75) is 25.2 Å². The standard InChI is InChI=1S/C23H24O3/c1-23(17-24,19-10-12-20(25)13-11-19)15-14-18-6-5-9-22(16-18)26-21-7-3-2-4-8-21/h2-13,16,24-25H,14-15,17H2,1H3. The Balaban J connectivity index is 1.70. The number of aliphatic hydroxyl groups is 1. The molecule has 0 spiro atoms. The fraction of sp³-hybridized carbons (Fsp3) is 0.217. The highest BCUT2D eigenvalue weighted by atomic mass is 16.5. The van der Waals surface area contributed by atoms with Gasteiger partial charge in [0.15, 0.2) is 0 Å². The summed E-state index contributed by atoms with van der Waals surface area (Å²) < 4.78 is 5.90. The SMILES string of the molecule is CC(CO)(CCc1cccc(Oc2ccccc2)c1)c1ccc(O)cc1. The molecular weight excluding hydrogens is 324 g/mol. The van der Waals surface area contributed by atoms with E-state index < -0.39 is 0 Å². The van der Waals surface area contributed by atoms with E-state index in [1.807, 2.05) is 67.6 Å². The minimum Gasteiger partial charge on any atom is -0.508 e. The summed E-state index contributed by atoms with van der Waals surface area (Å²) in [5.41, 5.74) is 1.83. The molecule has 0 saturated carbocycles. The van der Waals surface area contributed by atoms with Crippen LogP contribution in [0, 0.1) is 0 Å². The van der Waals surface area contributed by atoms with Gasteiger partial charge in [0.05, 0.1) is 6.61 Å². The molecule has 0 aliphatic heterocycles. The number of phenols is 1. The fourth-order valence-corrected chi connectivity index (χ4v) is 2.99. The van der Waals surface area contributed by atoms with E-state index in [1.54, 1.807) is 12.1 Å². The van der Waals surface area contributed by atoms with Crippen LogP contribution in [0.4, 0.5) is 0 Å². The third kappa shape index (κ3) is 4.44. The van der Waals surface area contributed by atoms with Gasteiger partial charge < -0.3 is 14.9 Å².